The van der Waals surface area contributed by atoms with Gasteiger partial charge < -0.3 is 10.2 Å². The van der Waals surface area contributed by atoms with Crippen molar-refractivity contribution >= 4 is 17.3 Å². The molecule has 3 rings (SSSR count). The van der Waals surface area contributed by atoms with Gasteiger partial charge in [0.05, 0.1) is 5.71 Å². The van der Waals surface area contributed by atoms with Crippen LogP contribution in [0.15, 0.2) is 47.6 Å². The van der Waals surface area contributed by atoms with Crippen molar-refractivity contribution in [1.29, 1.82) is 0 Å². The lowest BCUT2D eigenvalue weighted by molar-refractivity contribution is 0.0848. The summed E-state index contributed by atoms with van der Waals surface area (Å²) in [6, 6.07) is 11.0. The van der Waals surface area contributed by atoms with Gasteiger partial charge in [0.2, 0.25) is 0 Å². The quantitative estimate of drug-likeness (QED) is 0.898. The zero-order valence-electron chi connectivity index (χ0n) is 12.2. The predicted octanol–water partition coefficient (Wildman–Crippen LogP) is 3.90. The average Bonchev–Trinajstić information content (AvgIpc) is 2.98. The van der Waals surface area contributed by atoms with Crippen molar-refractivity contribution < 1.29 is 13.6 Å². The number of benzene rings is 2. The summed E-state index contributed by atoms with van der Waals surface area (Å²) in [5.41, 5.74) is 2.08. The summed E-state index contributed by atoms with van der Waals surface area (Å²) < 4.78 is 26.4. The van der Waals surface area contributed by atoms with Crippen LogP contribution in [0.3, 0.4) is 0 Å². The van der Waals surface area contributed by atoms with E-state index < -0.39 is 11.6 Å². The molecule has 0 aliphatic carbocycles. The number of hydrogen-bond donors (Lipinski definition) is 1. The van der Waals surface area contributed by atoms with Crippen LogP contribution in [0.2, 0.25) is 5.02 Å². The summed E-state index contributed by atoms with van der Waals surface area (Å²) in [6.45, 7) is 0.807. The second-order valence-corrected chi connectivity index (χ2v) is 5.72. The minimum atomic E-state index is -0.580. The molecule has 0 saturated carbocycles. The Balaban J connectivity index is 1.51. The maximum atomic E-state index is 13.5. The molecular weight excluding hydrogens is 322 g/mol. The summed E-state index contributed by atoms with van der Waals surface area (Å²) >= 11 is 6.14. The molecule has 0 aromatic heterocycles. The van der Waals surface area contributed by atoms with Crippen LogP contribution in [0.4, 0.5) is 8.78 Å². The summed E-state index contributed by atoms with van der Waals surface area (Å²) in [6.07, 6.45) is 0.493. The van der Waals surface area contributed by atoms with Crippen LogP contribution in [0.5, 0.6) is 0 Å². The van der Waals surface area contributed by atoms with Crippen LogP contribution < -0.4 is 5.32 Å². The molecule has 6 heteroatoms. The molecule has 120 valence electrons. The molecule has 3 nitrogen and oxygen atoms in total. The Hall–Kier alpha value is -1.98. The van der Waals surface area contributed by atoms with Crippen LogP contribution in [0.1, 0.15) is 17.5 Å². The number of nitrogens with one attached hydrogen (secondary N) is 1. The van der Waals surface area contributed by atoms with Gasteiger partial charge in [0.1, 0.15) is 17.7 Å². The molecular formula is C17H15ClF2N2O. The van der Waals surface area contributed by atoms with E-state index in [0.29, 0.717) is 30.1 Å². The first-order valence-electron chi connectivity index (χ1n) is 7.25. The van der Waals surface area contributed by atoms with E-state index in [-0.39, 0.29) is 6.10 Å². The number of nitrogens with zero attached hydrogens (tertiary/aromatic N) is 1. The topological polar surface area (TPSA) is 33.6 Å². The Morgan fingerprint density at radius 2 is 2.04 bits per heavy atom. The highest BCUT2D eigenvalue weighted by molar-refractivity contribution is 6.34. The van der Waals surface area contributed by atoms with Gasteiger partial charge >= 0.3 is 0 Å². The van der Waals surface area contributed by atoms with Crippen LogP contribution in [0.25, 0.3) is 0 Å². The first kappa shape index (κ1) is 15.9. The maximum absolute atomic E-state index is 13.5. The molecule has 0 fully saturated rings. The lowest BCUT2D eigenvalue weighted by atomic mass is 10.0. The molecule has 1 aliphatic heterocycles. The second kappa shape index (κ2) is 7.06. The molecule has 1 atom stereocenters. The van der Waals surface area contributed by atoms with Crippen molar-refractivity contribution in [2.24, 2.45) is 5.16 Å². The van der Waals surface area contributed by atoms with E-state index in [2.05, 4.69) is 10.5 Å². The summed E-state index contributed by atoms with van der Waals surface area (Å²) in [5, 5.41) is 7.80. The highest BCUT2D eigenvalue weighted by Crippen LogP contribution is 2.22. The largest absolute Gasteiger partial charge is 0.390 e. The van der Waals surface area contributed by atoms with Crippen LogP contribution in [0, 0.1) is 11.6 Å². The van der Waals surface area contributed by atoms with Crippen molar-refractivity contribution in [1.82, 2.24) is 5.32 Å². The number of rotatable bonds is 5. The molecule has 0 bridgehead atoms. The van der Waals surface area contributed by atoms with Gasteiger partial charge in [-0.05, 0) is 12.1 Å². The Bertz CT molecular complexity index is 736. The molecule has 1 heterocycles. The first-order valence-corrected chi connectivity index (χ1v) is 7.63. The van der Waals surface area contributed by atoms with Gasteiger partial charge in [0.15, 0.2) is 0 Å². The Kier molecular flexibility index (Phi) is 4.88. The minimum Gasteiger partial charge on any atom is -0.390 e. The van der Waals surface area contributed by atoms with Gasteiger partial charge in [-0.15, -0.1) is 0 Å². The maximum Gasteiger partial charge on any atom is 0.145 e. The van der Waals surface area contributed by atoms with Gasteiger partial charge in [-0.3, -0.25) is 0 Å². The predicted molar refractivity (Wildman–Crippen MR) is 85.5 cm³/mol. The van der Waals surface area contributed by atoms with Gasteiger partial charge in [0.25, 0.3) is 0 Å². The van der Waals surface area contributed by atoms with Gasteiger partial charge in [-0.1, -0.05) is 41.0 Å². The standard InChI is InChI=1S/C17H15ClF2N2O/c18-15-4-2-1-3-14(15)17-8-13(23-22-17)10-21-9-11-5-6-12(19)7-16(11)20/h1-7,13,21H,8-10H2. The zero-order chi connectivity index (χ0) is 16.2. The molecule has 2 aromatic rings. The Labute approximate surface area is 137 Å². The van der Waals surface area contributed by atoms with Crippen molar-refractivity contribution in [3.63, 3.8) is 0 Å². The Morgan fingerprint density at radius 3 is 2.83 bits per heavy atom. The highest BCUT2D eigenvalue weighted by Gasteiger charge is 2.23. The molecule has 0 spiro atoms. The third kappa shape index (κ3) is 3.86. The number of hydrogen-bond acceptors (Lipinski definition) is 3. The molecule has 0 radical (unpaired) electrons. The van der Waals surface area contributed by atoms with E-state index >= 15 is 0 Å². The van der Waals surface area contributed by atoms with E-state index in [1.54, 1.807) is 0 Å². The molecule has 2 aromatic carbocycles. The van der Waals surface area contributed by atoms with Gasteiger partial charge in [-0.2, -0.15) is 0 Å². The molecule has 0 saturated heterocycles. The van der Waals surface area contributed by atoms with Crippen LogP contribution in [-0.4, -0.2) is 18.4 Å². The third-order valence-corrected chi connectivity index (χ3v) is 3.95. The fraction of sp³-hybridized carbons (Fsp3) is 0.235. The van der Waals surface area contributed by atoms with E-state index in [9.17, 15) is 8.78 Å². The third-order valence-electron chi connectivity index (χ3n) is 3.62. The van der Waals surface area contributed by atoms with E-state index in [1.807, 2.05) is 24.3 Å². The molecule has 1 N–H and O–H groups in total. The normalized spacial score (nSPS) is 17.0. The van der Waals surface area contributed by atoms with Crippen molar-refractivity contribution in [2.45, 2.75) is 19.1 Å². The fourth-order valence-electron chi connectivity index (χ4n) is 2.43. The second-order valence-electron chi connectivity index (χ2n) is 5.32. The van der Waals surface area contributed by atoms with E-state index in [1.165, 1.54) is 12.1 Å². The SMILES string of the molecule is Fc1ccc(CNCC2CC(c3ccccc3Cl)=NO2)c(F)c1. The van der Waals surface area contributed by atoms with Crippen LogP contribution in [-0.2, 0) is 11.4 Å². The lowest BCUT2D eigenvalue weighted by Gasteiger charge is -2.10. The Morgan fingerprint density at radius 1 is 1.22 bits per heavy atom. The molecule has 1 unspecified atom stereocenters. The summed E-state index contributed by atoms with van der Waals surface area (Å²) in [7, 11) is 0. The smallest absolute Gasteiger partial charge is 0.145 e. The number of oxime groups is 1. The average molecular weight is 337 g/mol. The number of halogens is 3. The van der Waals surface area contributed by atoms with Crippen molar-refractivity contribution in [3.05, 3.63) is 70.2 Å². The van der Waals surface area contributed by atoms with E-state index in [4.69, 9.17) is 16.4 Å². The first-order chi connectivity index (χ1) is 11.1. The van der Waals surface area contributed by atoms with Crippen molar-refractivity contribution in [2.75, 3.05) is 6.54 Å². The lowest BCUT2D eigenvalue weighted by Crippen LogP contribution is -2.27. The van der Waals surface area contributed by atoms with Gasteiger partial charge in [0, 0.05) is 41.7 Å². The summed E-state index contributed by atoms with van der Waals surface area (Å²) in [4.78, 5) is 5.38. The van der Waals surface area contributed by atoms with E-state index in [0.717, 1.165) is 17.3 Å². The van der Waals surface area contributed by atoms with Crippen molar-refractivity contribution in [3.8, 4) is 0 Å². The monoisotopic (exact) mass is 336 g/mol. The molecule has 1 aliphatic rings. The highest BCUT2D eigenvalue weighted by atomic mass is 35.5. The minimum absolute atomic E-state index is 0.134. The molecule has 23 heavy (non-hydrogen) atoms. The zero-order valence-corrected chi connectivity index (χ0v) is 13.0. The van der Waals surface area contributed by atoms with Gasteiger partial charge in [-0.25, -0.2) is 8.78 Å². The summed E-state index contributed by atoms with van der Waals surface area (Å²) in [5.74, 6) is -1.14. The fourth-order valence-corrected chi connectivity index (χ4v) is 2.67. The van der Waals surface area contributed by atoms with Crippen LogP contribution >= 0.6 is 11.6 Å². The molecule has 0 amide bonds.